The minimum absolute atomic E-state index is 0.0419. The fraction of sp³-hybridized carbons (Fsp3) is 0.100. The molecule has 0 aliphatic carbocycles. The van der Waals surface area contributed by atoms with E-state index in [1.54, 1.807) is 24.3 Å². The monoisotopic (exact) mass is 472 g/mol. The summed E-state index contributed by atoms with van der Waals surface area (Å²) in [7, 11) is 0. The molecule has 1 amide bonds. The van der Waals surface area contributed by atoms with Gasteiger partial charge in [0.05, 0.1) is 17.5 Å². The van der Waals surface area contributed by atoms with Crippen LogP contribution in [0.25, 0.3) is 5.69 Å². The van der Waals surface area contributed by atoms with Crippen molar-refractivity contribution in [3.05, 3.63) is 84.0 Å². The van der Waals surface area contributed by atoms with Gasteiger partial charge in [0.1, 0.15) is 11.3 Å². The van der Waals surface area contributed by atoms with E-state index in [4.69, 9.17) is 0 Å². The van der Waals surface area contributed by atoms with E-state index in [0.717, 1.165) is 21.9 Å². The molecule has 0 fully saturated rings. The topological polar surface area (TPSA) is 137 Å². The number of rotatable bonds is 4. The van der Waals surface area contributed by atoms with Crippen LogP contribution < -0.4 is 16.7 Å². The van der Waals surface area contributed by atoms with E-state index >= 15 is 0 Å². The smallest absolute Gasteiger partial charge is 0.335 e. The number of aromatic hydroxyl groups is 2. The molecule has 0 unspecified atom stereocenters. The molecule has 30 heavy (non-hydrogen) atoms. The summed E-state index contributed by atoms with van der Waals surface area (Å²) in [6, 6.07) is 9.38. The summed E-state index contributed by atoms with van der Waals surface area (Å²) in [5, 5.41) is 24.0. The molecule has 4 N–H and O–H groups in total. The molecule has 0 aliphatic heterocycles. The van der Waals surface area contributed by atoms with E-state index in [9.17, 15) is 24.6 Å². The molecule has 0 spiro atoms. The fourth-order valence-electron chi connectivity index (χ4n) is 2.66. The van der Waals surface area contributed by atoms with Crippen LogP contribution in [0.2, 0.25) is 0 Å². The number of carbonyl (C=O) groups is 1. The standard InChI is InChI=1S/C20H17BrN4O5/c1-10-3-5-13(7-11(10)2)25-19(29)15(17(27)23-20(25)30)9-22-24-18(28)14-8-12(21)4-6-16(14)26/h3-9,26,29H,1-2H3,(H,24,28)(H,23,27,30). The first-order chi connectivity index (χ1) is 14.2. The van der Waals surface area contributed by atoms with Gasteiger partial charge in [-0.25, -0.2) is 14.8 Å². The number of carbonyl (C=O) groups excluding carboxylic acids is 1. The zero-order chi connectivity index (χ0) is 22.0. The third-order valence-corrected chi connectivity index (χ3v) is 4.93. The molecule has 9 nitrogen and oxygen atoms in total. The minimum atomic E-state index is -0.874. The van der Waals surface area contributed by atoms with Crippen LogP contribution in [0.4, 0.5) is 0 Å². The molecule has 1 aromatic heterocycles. The van der Waals surface area contributed by atoms with Crippen LogP contribution in [0.5, 0.6) is 11.6 Å². The average Bonchev–Trinajstić information content (AvgIpc) is 2.68. The normalized spacial score (nSPS) is 11.0. The number of nitrogens with zero attached hydrogens (tertiary/aromatic N) is 2. The van der Waals surface area contributed by atoms with Gasteiger partial charge in [-0.05, 0) is 55.3 Å². The number of aryl methyl sites for hydroxylation is 2. The molecule has 0 atom stereocenters. The Morgan fingerprint density at radius 2 is 1.87 bits per heavy atom. The molecule has 0 saturated carbocycles. The quantitative estimate of drug-likeness (QED) is 0.340. The molecule has 0 saturated heterocycles. The van der Waals surface area contributed by atoms with Gasteiger partial charge >= 0.3 is 5.69 Å². The Labute approximate surface area is 178 Å². The van der Waals surface area contributed by atoms with Gasteiger partial charge in [0.15, 0.2) is 0 Å². The predicted molar refractivity (Wildman–Crippen MR) is 115 cm³/mol. The number of nitrogens with one attached hydrogen (secondary N) is 2. The second-order valence-electron chi connectivity index (χ2n) is 6.46. The lowest BCUT2D eigenvalue weighted by Gasteiger charge is -2.11. The van der Waals surface area contributed by atoms with Crippen molar-refractivity contribution in [2.45, 2.75) is 13.8 Å². The molecule has 0 radical (unpaired) electrons. The molecule has 2 aromatic carbocycles. The van der Waals surface area contributed by atoms with Gasteiger partial charge in [0.25, 0.3) is 11.5 Å². The van der Waals surface area contributed by atoms with Gasteiger partial charge in [-0.3, -0.25) is 14.6 Å². The number of hydrogen-bond donors (Lipinski definition) is 4. The number of benzene rings is 2. The summed E-state index contributed by atoms with van der Waals surface area (Å²) in [5.41, 5.74) is 2.34. The van der Waals surface area contributed by atoms with Crippen molar-refractivity contribution >= 4 is 28.1 Å². The van der Waals surface area contributed by atoms with Crippen molar-refractivity contribution < 1.29 is 15.0 Å². The highest BCUT2D eigenvalue weighted by atomic mass is 79.9. The van der Waals surface area contributed by atoms with Crippen LogP contribution >= 0.6 is 15.9 Å². The van der Waals surface area contributed by atoms with E-state index < -0.39 is 23.0 Å². The van der Waals surface area contributed by atoms with Crippen LogP contribution in [0.1, 0.15) is 27.0 Å². The molecule has 1 heterocycles. The maximum atomic E-state index is 12.2. The number of H-pyrrole nitrogens is 1. The average molecular weight is 473 g/mol. The molecular weight excluding hydrogens is 456 g/mol. The van der Waals surface area contributed by atoms with Crippen molar-refractivity contribution in [3.8, 4) is 17.3 Å². The minimum Gasteiger partial charge on any atom is -0.507 e. The van der Waals surface area contributed by atoms with E-state index in [1.165, 1.54) is 12.1 Å². The molecular formula is C20H17BrN4O5. The van der Waals surface area contributed by atoms with E-state index in [-0.39, 0.29) is 16.9 Å². The molecule has 0 bridgehead atoms. The Kier molecular flexibility index (Phi) is 5.88. The lowest BCUT2D eigenvalue weighted by atomic mass is 10.1. The highest BCUT2D eigenvalue weighted by Crippen LogP contribution is 2.22. The zero-order valence-electron chi connectivity index (χ0n) is 15.9. The largest absolute Gasteiger partial charge is 0.507 e. The Morgan fingerprint density at radius 3 is 2.57 bits per heavy atom. The third kappa shape index (κ3) is 4.18. The highest BCUT2D eigenvalue weighted by Gasteiger charge is 2.15. The van der Waals surface area contributed by atoms with Crippen molar-refractivity contribution in [3.63, 3.8) is 0 Å². The summed E-state index contributed by atoms with van der Waals surface area (Å²) in [6.45, 7) is 3.75. The van der Waals surface area contributed by atoms with Crippen molar-refractivity contribution in [1.82, 2.24) is 15.0 Å². The fourth-order valence-corrected chi connectivity index (χ4v) is 3.03. The summed E-state index contributed by atoms with van der Waals surface area (Å²) in [6.07, 6.45) is 0.915. The second kappa shape index (κ2) is 8.37. The Bertz CT molecular complexity index is 1290. The maximum absolute atomic E-state index is 12.2. The van der Waals surface area contributed by atoms with E-state index in [1.807, 2.05) is 13.8 Å². The number of aromatic nitrogens is 2. The van der Waals surface area contributed by atoms with Crippen molar-refractivity contribution in [2.24, 2.45) is 5.10 Å². The van der Waals surface area contributed by atoms with Crippen molar-refractivity contribution in [1.29, 1.82) is 0 Å². The lowest BCUT2D eigenvalue weighted by Crippen LogP contribution is -2.31. The number of hydrazone groups is 1. The van der Waals surface area contributed by atoms with Gasteiger partial charge in [-0.15, -0.1) is 0 Å². The summed E-state index contributed by atoms with van der Waals surface area (Å²) in [4.78, 5) is 38.7. The first-order valence-corrected chi connectivity index (χ1v) is 9.46. The molecule has 3 aromatic rings. The SMILES string of the molecule is Cc1ccc(-n2c(O)c(C=NNC(=O)c3cc(Br)ccc3O)c(=O)[nH]c2=O)cc1C. The van der Waals surface area contributed by atoms with Gasteiger partial charge in [-0.2, -0.15) is 5.10 Å². The van der Waals surface area contributed by atoms with Gasteiger partial charge < -0.3 is 10.2 Å². The van der Waals surface area contributed by atoms with Crippen LogP contribution in [0, 0.1) is 13.8 Å². The molecule has 154 valence electrons. The first kappa shape index (κ1) is 21.1. The van der Waals surface area contributed by atoms with Crippen molar-refractivity contribution in [2.75, 3.05) is 0 Å². The predicted octanol–water partition coefficient (Wildman–Crippen LogP) is 2.08. The van der Waals surface area contributed by atoms with E-state index in [2.05, 4.69) is 31.4 Å². The number of halogens is 1. The summed E-state index contributed by atoms with van der Waals surface area (Å²) in [5.74, 6) is -1.62. The van der Waals surface area contributed by atoms with Crippen LogP contribution in [0.3, 0.4) is 0 Å². The number of phenols is 1. The van der Waals surface area contributed by atoms with Crippen LogP contribution in [0.15, 0.2) is 55.6 Å². The van der Waals surface area contributed by atoms with Gasteiger partial charge in [0, 0.05) is 4.47 Å². The van der Waals surface area contributed by atoms with Crippen LogP contribution in [-0.4, -0.2) is 31.9 Å². The molecule has 10 heteroatoms. The molecule has 0 aliphatic rings. The highest BCUT2D eigenvalue weighted by molar-refractivity contribution is 9.10. The Morgan fingerprint density at radius 1 is 1.13 bits per heavy atom. The van der Waals surface area contributed by atoms with Crippen LogP contribution in [-0.2, 0) is 0 Å². The summed E-state index contributed by atoms with van der Waals surface area (Å²) >= 11 is 3.19. The first-order valence-electron chi connectivity index (χ1n) is 8.67. The third-order valence-electron chi connectivity index (χ3n) is 4.43. The second-order valence-corrected chi connectivity index (χ2v) is 7.38. The van der Waals surface area contributed by atoms with Gasteiger partial charge in [-0.1, -0.05) is 22.0 Å². The number of phenolic OH excluding ortho intramolecular Hbond substituents is 1. The number of amides is 1. The molecule has 3 rings (SSSR count). The number of aromatic amines is 1. The summed E-state index contributed by atoms with van der Waals surface area (Å²) < 4.78 is 1.50. The lowest BCUT2D eigenvalue weighted by molar-refractivity contribution is 0.0952. The Balaban J connectivity index is 1.95. The maximum Gasteiger partial charge on any atom is 0.335 e. The Hall–Kier alpha value is -3.66. The zero-order valence-corrected chi connectivity index (χ0v) is 17.5. The number of hydrogen-bond acceptors (Lipinski definition) is 6. The van der Waals surface area contributed by atoms with E-state index in [0.29, 0.717) is 10.2 Å². The van der Waals surface area contributed by atoms with Gasteiger partial charge in [0.2, 0.25) is 5.88 Å².